The highest BCUT2D eigenvalue weighted by atomic mass is 16.5. The normalized spacial score (nSPS) is 11.8. The van der Waals surface area contributed by atoms with Gasteiger partial charge in [-0.15, -0.1) is 0 Å². The quantitative estimate of drug-likeness (QED) is 0.307. The van der Waals surface area contributed by atoms with Crippen molar-refractivity contribution in [3.8, 4) is 0 Å². The summed E-state index contributed by atoms with van der Waals surface area (Å²) in [5.74, 6) is 0. The molecule has 88 valence electrons. The molecule has 0 saturated carbocycles. The molecule has 1 aromatic rings. The molecule has 0 radical (unpaired) electrons. The van der Waals surface area contributed by atoms with Crippen molar-refractivity contribution >= 4 is 5.69 Å². The molecule has 3 heteroatoms. The molecule has 0 saturated heterocycles. The molecule has 0 spiro atoms. The fourth-order valence-corrected chi connectivity index (χ4v) is 1.45. The summed E-state index contributed by atoms with van der Waals surface area (Å²) in [6.07, 6.45) is 4.58. The minimum absolute atomic E-state index is 0.612. The second-order valence-electron chi connectivity index (χ2n) is 4.03. The van der Waals surface area contributed by atoms with Crippen molar-refractivity contribution < 1.29 is 4.86 Å². The van der Waals surface area contributed by atoms with E-state index in [0.29, 0.717) is 12.2 Å². The van der Waals surface area contributed by atoms with Crippen molar-refractivity contribution in [2.45, 2.75) is 39.5 Å². The van der Waals surface area contributed by atoms with Crippen molar-refractivity contribution in [3.63, 3.8) is 0 Å². The van der Waals surface area contributed by atoms with Crippen LogP contribution in [0.25, 0.3) is 0 Å². The molecule has 0 N–H and O–H groups in total. The van der Waals surface area contributed by atoms with Gasteiger partial charge in [-0.3, -0.25) is 0 Å². The molecule has 0 aliphatic carbocycles. The number of unbranched alkanes of at least 4 members (excludes halogenated alkanes) is 3. The minimum Gasteiger partial charge on any atom is -0.594 e. The van der Waals surface area contributed by atoms with Crippen molar-refractivity contribution in [2.24, 2.45) is 5.11 Å². The average Bonchev–Trinajstić information content (AvgIpc) is 2.29. The summed E-state index contributed by atoms with van der Waals surface area (Å²) in [6, 6.07) is 7.45. The predicted octanol–water partition coefficient (Wildman–Crippen LogP) is 4.17. The Kier molecular flexibility index (Phi) is 5.54. The third-order valence-electron chi connectivity index (χ3n) is 2.49. The number of hydrogen-bond donors (Lipinski definition) is 0. The Balaban J connectivity index is 2.41. The number of aryl methyl sites for hydroxylation is 1. The maximum absolute atomic E-state index is 11.5. The number of rotatable bonds is 6. The summed E-state index contributed by atoms with van der Waals surface area (Å²) in [5, 5.41) is 15.5. The van der Waals surface area contributed by atoms with Crippen LogP contribution >= 0.6 is 0 Å². The standard InChI is InChI=1S/C13H20N2O/c1-3-4-5-6-11-14-15(16)13-9-7-12(2)8-10-13/h7-10H,3-6,11H2,1-2H3. The molecule has 0 aliphatic rings. The van der Waals surface area contributed by atoms with Crippen LogP contribution in [0.5, 0.6) is 0 Å². The van der Waals surface area contributed by atoms with Crippen molar-refractivity contribution in [3.05, 3.63) is 35.0 Å². The van der Waals surface area contributed by atoms with Gasteiger partial charge in [0, 0.05) is 12.1 Å². The van der Waals surface area contributed by atoms with Crippen LogP contribution in [-0.2, 0) is 0 Å². The molecule has 0 heterocycles. The molecule has 1 rings (SSSR count). The molecule has 0 atom stereocenters. The Morgan fingerprint density at radius 1 is 1.12 bits per heavy atom. The van der Waals surface area contributed by atoms with Gasteiger partial charge in [-0.2, -0.15) is 0 Å². The Bertz CT molecular complexity index is 330. The second-order valence-corrected chi connectivity index (χ2v) is 4.03. The van der Waals surface area contributed by atoms with Gasteiger partial charge in [0.1, 0.15) is 6.54 Å². The Hall–Kier alpha value is -1.38. The zero-order valence-corrected chi connectivity index (χ0v) is 10.1. The molecule has 0 bridgehead atoms. The Morgan fingerprint density at radius 3 is 2.44 bits per heavy atom. The van der Waals surface area contributed by atoms with Gasteiger partial charge in [0.05, 0.1) is 0 Å². The van der Waals surface area contributed by atoms with E-state index in [2.05, 4.69) is 12.0 Å². The smallest absolute Gasteiger partial charge is 0.244 e. The highest BCUT2D eigenvalue weighted by Gasteiger charge is 2.01. The maximum atomic E-state index is 11.5. The molecule has 0 aromatic heterocycles. The van der Waals surface area contributed by atoms with Crippen LogP contribution in [0.4, 0.5) is 5.69 Å². The van der Waals surface area contributed by atoms with Gasteiger partial charge in [0.2, 0.25) is 5.69 Å². The predicted molar refractivity (Wildman–Crippen MR) is 65.9 cm³/mol. The van der Waals surface area contributed by atoms with Gasteiger partial charge in [0.25, 0.3) is 0 Å². The lowest BCUT2D eigenvalue weighted by Gasteiger charge is -2.00. The van der Waals surface area contributed by atoms with Gasteiger partial charge >= 0.3 is 0 Å². The van der Waals surface area contributed by atoms with Crippen LogP contribution in [0.15, 0.2) is 29.4 Å². The fraction of sp³-hybridized carbons (Fsp3) is 0.538. The molecule has 1 aromatic carbocycles. The first-order valence-corrected chi connectivity index (χ1v) is 5.95. The second kappa shape index (κ2) is 6.99. The molecule has 0 unspecified atom stereocenters. The number of nitrogens with zero attached hydrogens (tertiary/aromatic N) is 2. The van der Waals surface area contributed by atoms with Crippen LogP contribution in [0.3, 0.4) is 0 Å². The Morgan fingerprint density at radius 2 is 1.81 bits per heavy atom. The van der Waals surface area contributed by atoms with E-state index in [9.17, 15) is 5.21 Å². The SMILES string of the molecule is CCCCCCN=[N+]([O-])c1ccc(C)cc1. The number of hydrogen-bond acceptors (Lipinski definition) is 2. The van der Waals surface area contributed by atoms with E-state index in [-0.39, 0.29) is 0 Å². The largest absolute Gasteiger partial charge is 0.594 e. The van der Waals surface area contributed by atoms with E-state index in [1.807, 2.05) is 19.1 Å². The minimum atomic E-state index is 0.612. The first-order chi connectivity index (χ1) is 7.74. The molecule has 0 aliphatic heterocycles. The van der Waals surface area contributed by atoms with Gasteiger partial charge in [-0.05, 0) is 18.5 Å². The van der Waals surface area contributed by atoms with E-state index in [1.54, 1.807) is 12.1 Å². The highest BCUT2D eigenvalue weighted by Crippen LogP contribution is 2.12. The van der Waals surface area contributed by atoms with E-state index in [1.165, 1.54) is 12.8 Å². The zero-order chi connectivity index (χ0) is 11.8. The van der Waals surface area contributed by atoms with Gasteiger partial charge in [-0.25, -0.2) is 0 Å². The molecule has 0 amide bonds. The maximum Gasteiger partial charge on any atom is 0.244 e. The van der Waals surface area contributed by atoms with Crippen LogP contribution in [-0.4, -0.2) is 11.4 Å². The molecular formula is C13H20N2O. The van der Waals surface area contributed by atoms with Crippen molar-refractivity contribution in [1.29, 1.82) is 0 Å². The summed E-state index contributed by atoms with van der Waals surface area (Å²) >= 11 is 0. The average molecular weight is 220 g/mol. The lowest BCUT2D eigenvalue weighted by atomic mass is 10.2. The fourth-order valence-electron chi connectivity index (χ4n) is 1.45. The summed E-state index contributed by atoms with van der Waals surface area (Å²) in [7, 11) is 0. The lowest BCUT2D eigenvalue weighted by Crippen LogP contribution is -1.94. The summed E-state index contributed by atoms with van der Waals surface area (Å²) < 4.78 is 0. The molecule has 0 fully saturated rings. The van der Waals surface area contributed by atoms with Crippen LogP contribution in [0.1, 0.15) is 38.2 Å². The first-order valence-electron chi connectivity index (χ1n) is 5.95. The zero-order valence-electron chi connectivity index (χ0n) is 10.1. The van der Waals surface area contributed by atoms with Crippen molar-refractivity contribution in [1.82, 2.24) is 0 Å². The topological polar surface area (TPSA) is 38.4 Å². The van der Waals surface area contributed by atoms with Crippen LogP contribution in [0, 0.1) is 12.1 Å². The van der Waals surface area contributed by atoms with E-state index >= 15 is 0 Å². The summed E-state index contributed by atoms with van der Waals surface area (Å²) in [6.45, 7) is 4.79. The van der Waals surface area contributed by atoms with E-state index < -0.39 is 0 Å². The molecule has 3 nitrogen and oxygen atoms in total. The van der Waals surface area contributed by atoms with Gasteiger partial charge in [-0.1, -0.05) is 48.7 Å². The van der Waals surface area contributed by atoms with E-state index in [4.69, 9.17) is 0 Å². The van der Waals surface area contributed by atoms with E-state index in [0.717, 1.165) is 23.3 Å². The summed E-state index contributed by atoms with van der Waals surface area (Å²) in [4.78, 5) is 0.728. The lowest BCUT2D eigenvalue weighted by molar-refractivity contribution is -0.442. The van der Waals surface area contributed by atoms with Gasteiger partial charge < -0.3 is 5.21 Å². The van der Waals surface area contributed by atoms with Gasteiger partial charge in [0.15, 0.2) is 0 Å². The Labute approximate surface area is 97.4 Å². The highest BCUT2D eigenvalue weighted by molar-refractivity contribution is 5.31. The van der Waals surface area contributed by atoms with Crippen LogP contribution in [0.2, 0.25) is 0 Å². The summed E-state index contributed by atoms with van der Waals surface area (Å²) in [5.41, 5.74) is 1.76. The third-order valence-corrected chi connectivity index (χ3v) is 2.49. The van der Waals surface area contributed by atoms with Crippen molar-refractivity contribution in [2.75, 3.05) is 6.54 Å². The van der Waals surface area contributed by atoms with Crippen LogP contribution < -0.4 is 0 Å². The monoisotopic (exact) mass is 220 g/mol. The molecule has 16 heavy (non-hydrogen) atoms. The first kappa shape index (κ1) is 12.7. The number of azo groups is 1. The third kappa shape index (κ3) is 4.43. The number of benzene rings is 1. The molecular weight excluding hydrogens is 200 g/mol.